The molecule has 4 amide bonds. The van der Waals surface area contributed by atoms with Crippen molar-refractivity contribution in [1.82, 2.24) is 21.3 Å². The van der Waals surface area contributed by atoms with Crippen molar-refractivity contribution in [2.24, 2.45) is 0 Å². The maximum Gasteiger partial charge on any atom is 0.220 e. The number of ether oxygens (including phenoxy) is 4. The standard InChI is InChI=1S/C38H58N4O8/c1-47-31-19-17-29(27-33(31)49-3)21-25-41-37(45)15-9-7-13-35(43)39-23-11-5-6-12-24-40-36(44)14-8-10-16-38(46)42-26-22-30-18-20-32(48-2)34(28-30)50-4/h17-20,27-28H,5-16,21-26H2,1-4H3,(H,39,43)(H,40,44)(H,41,45)(H,42,46). The zero-order chi connectivity index (χ0) is 36.4. The molecule has 0 spiro atoms. The lowest BCUT2D eigenvalue weighted by molar-refractivity contribution is -0.123. The topological polar surface area (TPSA) is 153 Å². The van der Waals surface area contributed by atoms with Crippen LogP contribution in [-0.4, -0.2) is 78.2 Å². The van der Waals surface area contributed by atoms with E-state index in [4.69, 9.17) is 18.9 Å². The number of unbranched alkanes of at least 4 members (excludes halogenated alkanes) is 5. The third-order valence-corrected chi connectivity index (χ3v) is 8.23. The maximum atomic E-state index is 12.1. The Morgan fingerprint density at radius 2 is 0.740 bits per heavy atom. The van der Waals surface area contributed by atoms with Gasteiger partial charge in [-0.2, -0.15) is 0 Å². The van der Waals surface area contributed by atoms with E-state index >= 15 is 0 Å². The van der Waals surface area contributed by atoms with Gasteiger partial charge in [0.05, 0.1) is 28.4 Å². The number of carbonyl (C=O) groups excluding carboxylic acids is 4. The number of amides is 4. The first-order valence-electron chi connectivity index (χ1n) is 17.8. The minimum Gasteiger partial charge on any atom is -0.493 e. The van der Waals surface area contributed by atoms with Gasteiger partial charge in [0.1, 0.15) is 0 Å². The molecule has 0 saturated heterocycles. The Morgan fingerprint density at radius 1 is 0.420 bits per heavy atom. The SMILES string of the molecule is COc1ccc(CCNC(=O)CCCCC(=O)NCCCCCCNC(=O)CCCCC(=O)NCCc2ccc(OC)c(OC)c2)cc1OC. The van der Waals surface area contributed by atoms with Gasteiger partial charge in [-0.05, 0) is 86.8 Å². The summed E-state index contributed by atoms with van der Waals surface area (Å²) in [5.74, 6) is 2.68. The Kier molecular flexibility index (Phi) is 21.2. The Bertz CT molecular complexity index is 1220. The highest BCUT2D eigenvalue weighted by atomic mass is 16.5. The molecule has 0 aliphatic heterocycles. The lowest BCUT2D eigenvalue weighted by Gasteiger charge is -2.10. The molecule has 4 N–H and O–H groups in total. The van der Waals surface area contributed by atoms with Crippen LogP contribution in [0.4, 0.5) is 0 Å². The van der Waals surface area contributed by atoms with Gasteiger partial charge in [0.15, 0.2) is 23.0 Å². The average molecular weight is 699 g/mol. The summed E-state index contributed by atoms with van der Waals surface area (Å²) in [6, 6.07) is 11.4. The minimum atomic E-state index is -0.0123. The molecule has 0 saturated carbocycles. The van der Waals surface area contributed by atoms with E-state index in [1.165, 1.54) is 0 Å². The molecule has 278 valence electrons. The van der Waals surface area contributed by atoms with E-state index in [0.717, 1.165) is 36.8 Å². The van der Waals surface area contributed by atoms with Crippen molar-refractivity contribution in [3.8, 4) is 23.0 Å². The van der Waals surface area contributed by atoms with E-state index in [0.29, 0.717) is 113 Å². The first kappa shape index (κ1) is 41.7. The van der Waals surface area contributed by atoms with E-state index in [-0.39, 0.29) is 23.6 Å². The van der Waals surface area contributed by atoms with Crippen molar-refractivity contribution in [2.45, 2.75) is 89.9 Å². The summed E-state index contributed by atoms with van der Waals surface area (Å²) in [7, 11) is 6.38. The molecule has 12 nitrogen and oxygen atoms in total. The number of carbonyl (C=O) groups is 4. The third-order valence-electron chi connectivity index (χ3n) is 8.23. The maximum absolute atomic E-state index is 12.1. The Hall–Kier alpha value is -4.48. The van der Waals surface area contributed by atoms with Gasteiger partial charge in [-0.3, -0.25) is 19.2 Å². The van der Waals surface area contributed by atoms with Gasteiger partial charge >= 0.3 is 0 Å². The van der Waals surface area contributed by atoms with Crippen LogP contribution in [-0.2, 0) is 32.0 Å². The van der Waals surface area contributed by atoms with Crippen molar-refractivity contribution >= 4 is 23.6 Å². The highest BCUT2D eigenvalue weighted by molar-refractivity contribution is 5.77. The van der Waals surface area contributed by atoms with Crippen LogP contribution in [0.5, 0.6) is 23.0 Å². The van der Waals surface area contributed by atoms with Gasteiger partial charge in [0, 0.05) is 51.9 Å². The molecule has 0 aliphatic rings. The molecule has 0 fully saturated rings. The van der Waals surface area contributed by atoms with Crippen LogP contribution in [0.15, 0.2) is 36.4 Å². The van der Waals surface area contributed by atoms with E-state index in [1.54, 1.807) is 28.4 Å². The van der Waals surface area contributed by atoms with Crippen LogP contribution in [0.2, 0.25) is 0 Å². The van der Waals surface area contributed by atoms with Crippen LogP contribution >= 0.6 is 0 Å². The molecule has 2 aromatic carbocycles. The predicted molar refractivity (Wildman–Crippen MR) is 194 cm³/mol. The molecular formula is C38H58N4O8. The molecule has 0 atom stereocenters. The number of benzene rings is 2. The Labute approximate surface area is 297 Å². The number of nitrogens with one attached hydrogen (secondary N) is 4. The third kappa shape index (κ3) is 17.8. The summed E-state index contributed by atoms with van der Waals surface area (Å²) in [5, 5.41) is 11.8. The fourth-order valence-corrected chi connectivity index (χ4v) is 5.32. The van der Waals surface area contributed by atoms with Gasteiger partial charge in [0.25, 0.3) is 0 Å². The fraction of sp³-hybridized carbons (Fsp3) is 0.579. The summed E-state index contributed by atoms with van der Waals surface area (Å²) in [4.78, 5) is 48.5. The van der Waals surface area contributed by atoms with Crippen LogP contribution in [0, 0.1) is 0 Å². The van der Waals surface area contributed by atoms with Crippen molar-refractivity contribution in [1.29, 1.82) is 0 Å². The molecule has 0 aliphatic carbocycles. The number of rotatable bonds is 27. The average Bonchev–Trinajstić information content (AvgIpc) is 3.12. The van der Waals surface area contributed by atoms with Gasteiger partial charge < -0.3 is 40.2 Å². The first-order valence-corrected chi connectivity index (χ1v) is 17.8. The highest BCUT2D eigenvalue weighted by Crippen LogP contribution is 2.28. The Balaban J connectivity index is 1.36. The van der Waals surface area contributed by atoms with Crippen LogP contribution < -0.4 is 40.2 Å². The second kappa shape index (κ2) is 25.5. The summed E-state index contributed by atoms with van der Waals surface area (Å²) in [6.07, 6.45) is 9.40. The molecule has 0 aromatic heterocycles. The van der Waals surface area contributed by atoms with Crippen molar-refractivity contribution in [3.05, 3.63) is 47.5 Å². The molecule has 50 heavy (non-hydrogen) atoms. The second-order valence-electron chi connectivity index (χ2n) is 12.1. The zero-order valence-corrected chi connectivity index (χ0v) is 30.5. The molecule has 0 radical (unpaired) electrons. The van der Waals surface area contributed by atoms with Crippen LogP contribution in [0.3, 0.4) is 0 Å². The summed E-state index contributed by atoms with van der Waals surface area (Å²) >= 11 is 0. The van der Waals surface area contributed by atoms with Gasteiger partial charge in [-0.25, -0.2) is 0 Å². The summed E-state index contributed by atoms with van der Waals surface area (Å²) in [6.45, 7) is 2.33. The molecule has 0 bridgehead atoms. The molecule has 0 heterocycles. The summed E-state index contributed by atoms with van der Waals surface area (Å²) < 4.78 is 21.1. The van der Waals surface area contributed by atoms with E-state index in [9.17, 15) is 19.2 Å². The smallest absolute Gasteiger partial charge is 0.220 e. The predicted octanol–water partition coefficient (Wildman–Crippen LogP) is 4.65. The fourth-order valence-electron chi connectivity index (χ4n) is 5.32. The summed E-state index contributed by atoms with van der Waals surface area (Å²) in [5.41, 5.74) is 2.10. The normalized spacial score (nSPS) is 10.6. The van der Waals surface area contributed by atoms with Gasteiger partial charge in [0.2, 0.25) is 23.6 Å². The van der Waals surface area contributed by atoms with Crippen molar-refractivity contribution in [2.75, 3.05) is 54.6 Å². The van der Waals surface area contributed by atoms with E-state index < -0.39 is 0 Å². The molecule has 2 aromatic rings. The lowest BCUT2D eigenvalue weighted by Crippen LogP contribution is -2.26. The van der Waals surface area contributed by atoms with Crippen LogP contribution in [0.25, 0.3) is 0 Å². The quantitative estimate of drug-likeness (QED) is 0.0985. The first-order chi connectivity index (χ1) is 24.3. The molecule has 2 rings (SSSR count). The van der Waals surface area contributed by atoms with Crippen LogP contribution in [0.1, 0.15) is 88.2 Å². The van der Waals surface area contributed by atoms with E-state index in [2.05, 4.69) is 21.3 Å². The molecule has 12 heteroatoms. The largest absolute Gasteiger partial charge is 0.493 e. The zero-order valence-electron chi connectivity index (χ0n) is 30.5. The van der Waals surface area contributed by atoms with Crippen molar-refractivity contribution < 1.29 is 38.1 Å². The second-order valence-corrected chi connectivity index (χ2v) is 12.1. The van der Waals surface area contributed by atoms with Crippen molar-refractivity contribution in [3.63, 3.8) is 0 Å². The number of hydrogen-bond acceptors (Lipinski definition) is 8. The molecular weight excluding hydrogens is 640 g/mol. The number of methoxy groups -OCH3 is 4. The highest BCUT2D eigenvalue weighted by Gasteiger charge is 2.09. The monoisotopic (exact) mass is 698 g/mol. The Morgan fingerprint density at radius 3 is 1.06 bits per heavy atom. The van der Waals surface area contributed by atoms with Gasteiger partial charge in [-0.1, -0.05) is 25.0 Å². The number of hydrogen-bond donors (Lipinski definition) is 4. The minimum absolute atomic E-state index is 0.0122. The van der Waals surface area contributed by atoms with E-state index in [1.807, 2.05) is 36.4 Å². The van der Waals surface area contributed by atoms with Gasteiger partial charge in [-0.15, -0.1) is 0 Å². The lowest BCUT2D eigenvalue weighted by atomic mass is 10.1. The molecule has 0 unspecified atom stereocenters.